The molecule has 0 atom stereocenters. The van der Waals surface area contributed by atoms with Gasteiger partial charge in [0.2, 0.25) is 0 Å². The molecule has 1 aromatic carbocycles. The van der Waals surface area contributed by atoms with Crippen molar-refractivity contribution in [3.8, 4) is 11.3 Å². The van der Waals surface area contributed by atoms with E-state index >= 15 is 0 Å². The zero-order valence-corrected chi connectivity index (χ0v) is 13.4. The van der Waals surface area contributed by atoms with Crippen molar-refractivity contribution < 1.29 is 4.79 Å². The van der Waals surface area contributed by atoms with E-state index in [0.717, 1.165) is 28.1 Å². The molecule has 0 aliphatic rings. The predicted molar refractivity (Wildman–Crippen MR) is 90.3 cm³/mol. The van der Waals surface area contributed by atoms with E-state index < -0.39 is 0 Å². The normalized spacial score (nSPS) is 10.6. The maximum atomic E-state index is 12.5. The largest absolute Gasteiger partial charge is 0.321 e. The Balaban J connectivity index is 1.91. The highest BCUT2D eigenvalue weighted by Crippen LogP contribution is 2.19. The van der Waals surface area contributed by atoms with Crippen molar-refractivity contribution in [2.45, 2.75) is 13.8 Å². The van der Waals surface area contributed by atoms with E-state index in [4.69, 9.17) is 0 Å². The van der Waals surface area contributed by atoms with Crippen molar-refractivity contribution in [1.82, 2.24) is 14.8 Å². The Labute approximate surface area is 135 Å². The highest BCUT2D eigenvalue weighted by Gasteiger charge is 2.13. The molecule has 5 nitrogen and oxygen atoms in total. The molecule has 2 heterocycles. The Morgan fingerprint density at radius 1 is 1.17 bits per heavy atom. The van der Waals surface area contributed by atoms with Gasteiger partial charge in [0.25, 0.3) is 5.91 Å². The summed E-state index contributed by atoms with van der Waals surface area (Å²) in [6, 6.07) is 11.5. The van der Waals surface area contributed by atoms with Crippen molar-refractivity contribution in [2.75, 3.05) is 5.32 Å². The first-order chi connectivity index (χ1) is 11.0. The van der Waals surface area contributed by atoms with Gasteiger partial charge >= 0.3 is 0 Å². The topological polar surface area (TPSA) is 59.8 Å². The number of rotatable bonds is 3. The second-order valence-electron chi connectivity index (χ2n) is 5.59. The molecule has 116 valence electrons. The van der Waals surface area contributed by atoms with Gasteiger partial charge in [0.05, 0.1) is 11.9 Å². The van der Waals surface area contributed by atoms with Crippen molar-refractivity contribution in [1.29, 1.82) is 0 Å². The molecule has 23 heavy (non-hydrogen) atoms. The summed E-state index contributed by atoms with van der Waals surface area (Å²) in [5.74, 6) is -0.209. The molecule has 0 aliphatic carbocycles. The third-order valence-corrected chi connectivity index (χ3v) is 3.59. The lowest BCUT2D eigenvalue weighted by atomic mass is 10.1. The number of aryl methyl sites for hydroxylation is 3. The van der Waals surface area contributed by atoms with Crippen molar-refractivity contribution >= 4 is 11.6 Å². The standard InChI is InChI=1S/C18H18N4O/c1-12-5-4-6-15(9-12)20-18(23)17-13(2)7-8-16(21-17)14-10-19-22(3)11-14/h4-11H,1-3H3,(H,20,23). The molecule has 0 radical (unpaired) electrons. The van der Waals surface area contributed by atoms with E-state index in [1.165, 1.54) is 0 Å². The Hall–Kier alpha value is -2.95. The maximum Gasteiger partial charge on any atom is 0.274 e. The van der Waals surface area contributed by atoms with E-state index in [1.54, 1.807) is 10.9 Å². The lowest BCUT2D eigenvalue weighted by molar-refractivity contribution is 0.102. The van der Waals surface area contributed by atoms with Crippen molar-refractivity contribution in [3.63, 3.8) is 0 Å². The van der Waals surface area contributed by atoms with Crippen LogP contribution in [0, 0.1) is 13.8 Å². The number of anilines is 1. The first kappa shape index (κ1) is 15.0. The van der Waals surface area contributed by atoms with Crippen LogP contribution in [-0.4, -0.2) is 20.7 Å². The van der Waals surface area contributed by atoms with Crippen LogP contribution in [0.1, 0.15) is 21.6 Å². The summed E-state index contributed by atoms with van der Waals surface area (Å²) < 4.78 is 1.71. The van der Waals surface area contributed by atoms with Gasteiger partial charge in [-0.1, -0.05) is 18.2 Å². The Morgan fingerprint density at radius 2 is 2.00 bits per heavy atom. The van der Waals surface area contributed by atoms with Gasteiger partial charge in [-0.2, -0.15) is 5.10 Å². The monoisotopic (exact) mass is 306 g/mol. The van der Waals surface area contributed by atoms with Gasteiger partial charge in [-0.3, -0.25) is 9.48 Å². The molecule has 0 bridgehead atoms. The number of hydrogen-bond acceptors (Lipinski definition) is 3. The quantitative estimate of drug-likeness (QED) is 0.807. The van der Waals surface area contributed by atoms with E-state index in [0.29, 0.717) is 5.69 Å². The highest BCUT2D eigenvalue weighted by molar-refractivity contribution is 6.04. The Morgan fingerprint density at radius 3 is 2.70 bits per heavy atom. The van der Waals surface area contributed by atoms with Crippen LogP contribution in [0.15, 0.2) is 48.8 Å². The Kier molecular flexibility index (Phi) is 3.93. The summed E-state index contributed by atoms with van der Waals surface area (Å²) in [7, 11) is 1.85. The van der Waals surface area contributed by atoms with Crippen LogP contribution in [0.2, 0.25) is 0 Å². The van der Waals surface area contributed by atoms with Crippen LogP contribution < -0.4 is 5.32 Å². The fourth-order valence-electron chi connectivity index (χ4n) is 2.39. The van der Waals surface area contributed by atoms with Crippen LogP contribution >= 0.6 is 0 Å². The highest BCUT2D eigenvalue weighted by atomic mass is 16.1. The van der Waals surface area contributed by atoms with Crippen LogP contribution in [-0.2, 0) is 7.05 Å². The number of carbonyl (C=O) groups excluding carboxylic acids is 1. The average molecular weight is 306 g/mol. The molecule has 2 aromatic heterocycles. The summed E-state index contributed by atoms with van der Waals surface area (Å²) in [6.07, 6.45) is 3.61. The van der Waals surface area contributed by atoms with Gasteiger partial charge < -0.3 is 5.32 Å². The minimum atomic E-state index is -0.209. The maximum absolute atomic E-state index is 12.5. The van der Waals surface area contributed by atoms with Gasteiger partial charge in [0.15, 0.2) is 0 Å². The number of nitrogens with one attached hydrogen (secondary N) is 1. The third-order valence-electron chi connectivity index (χ3n) is 3.59. The van der Waals surface area contributed by atoms with Crippen LogP contribution in [0.4, 0.5) is 5.69 Å². The zero-order chi connectivity index (χ0) is 16.4. The molecule has 1 amide bonds. The number of carbonyl (C=O) groups is 1. The SMILES string of the molecule is Cc1cccc(NC(=O)c2nc(-c3cnn(C)c3)ccc2C)c1. The second-order valence-corrected chi connectivity index (χ2v) is 5.59. The van der Waals surface area contributed by atoms with Crippen molar-refractivity contribution in [3.05, 3.63) is 65.6 Å². The van der Waals surface area contributed by atoms with E-state index in [2.05, 4.69) is 15.4 Å². The predicted octanol–water partition coefficient (Wildman–Crippen LogP) is 3.35. The molecule has 0 spiro atoms. The summed E-state index contributed by atoms with van der Waals surface area (Å²) in [4.78, 5) is 17.0. The number of amides is 1. The van der Waals surface area contributed by atoms with Gasteiger partial charge in [0, 0.05) is 24.5 Å². The van der Waals surface area contributed by atoms with Crippen molar-refractivity contribution in [2.24, 2.45) is 7.05 Å². The smallest absolute Gasteiger partial charge is 0.274 e. The minimum absolute atomic E-state index is 0.209. The summed E-state index contributed by atoms with van der Waals surface area (Å²) in [5.41, 5.74) is 4.74. The van der Waals surface area contributed by atoms with Crippen LogP contribution in [0.5, 0.6) is 0 Å². The molecule has 0 aliphatic heterocycles. The lowest BCUT2D eigenvalue weighted by Gasteiger charge is -2.09. The lowest BCUT2D eigenvalue weighted by Crippen LogP contribution is -2.15. The molecular weight excluding hydrogens is 288 g/mol. The molecule has 1 N–H and O–H groups in total. The molecule has 0 fully saturated rings. The fraction of sp³-hybridized carbons (Fsp3) is 0.167. The van der Waals surface area contributed by atoms with E-state index in [1.807, 2.05) is 63.5 Å². The van der Waals surface area contributed by atoms with Crippen LogP contribution in [0.25, 0.3) is 11.3 Å². The number of hydrogen-bond donors (Lipinski definition) is 1. The Bertz CT molecular complexity index is 867. The van der Waals surface area contributed by atoms with Gasteiger partial charge in [-0.25, -0.2) is 4.98 Å². The molecule has 5 heteroatoms. The third kappa shape index (κ3) is 3.29. The first-order valence-electron chi connectivity index (χ1n) is 7.37. The second kappa shape index (κ2) is 6.04. The van der Waals surface area contributed by atoms with E-state index in [9.17, 15) is 4.79 Å². The fourth-order valence-corrected chi connectivity index (χ4v) is 2.39. The van der Waals surface area contributed by atoms with Gasteiger partial charge in [-0.05, 0) is 43.2 Å². The number of nitrogens with zero attached hydrogens (tertiary/aromatic N) is 3. The summed E-state index contributed by atoms with van der Waals surface area (Å²) in [6.45, 7) is 3.87. The molecular formula is C18H18N4O. The first-order valence-corrected chi connectivity index (χ1v) is 7.37. The minimum Gasteiger partial charge on any atom is -0.321 e. The zero-order valence-electron chi connectivity index (χ0n) is 13.4. The number of benzene rings is 1. The number of aromatic nitrogens is 3. The average Bonchev–Trinajstić information content (AvgIpc) is 2.94. The molecule has 0 unspecified atom stereocenters. The van der Waals surface area contributed by atoms with Gasteiger partial charge in [0.1, 0.15) is 5.69 Å². The molecule has 3 rings (SSSR count). The van der Waals surface area contributed by atoms with Gasteiger partial charge in [-0.15, -0.1) is 0 Å². The van der Waals surface area contributed by atoms with Crippen LogP contribution in [0.3, 0.4) is 0 Å². The number of pyridine rings is 1. The molecule has 0 saturated carbocycles. The summed E-state index contributed by atoms with van der Waals surface area (Å²) in [5, 5.41) is 7.04. The van der Waals surface area contributed by atoms with E-state index in [-0.39, 0.29) is 5.91 Å². The molecule has 0 saturated heterocycles. The molecule has 3 aromatic rings. The summed E-state index contributed by atoms with van der Waals surface area (Å²) >= 11 is 0.